The Morgan fingerprint density at radius 3 is 2.72 bits per heavy atom. The first-order chi connectivity index (χ1) is 8.76. The van der Waals surface area contributed by atoms with E-state index in [-0.39, 0.29) is 0 Å². The van der Waals surface area contributed by atoms with Gasteiger partial charge in [-0.2, -0.15) is 0 Å². The largest absolute Gasteiger partial charge is 0.480 e. The number of benzene rings is 2. The molecule has 0 saturated carbocycles. The van der Waals surface area contributed by atoms with Crippen molar-refractivity contribution in [1.82, 2.24) is 5.48 Å². The number of hydrogen-bond donors (Lipinski definition) is 2. The highest BCUT2D eigenvalue weighted by atomic mass is 16.5. The van der Waals surface area contributed by atoms with E-state index in [1.807, 2.05) is 49.4 Å². The summed E-state index contributed by atoms with van der Waals surface area (Å²) in [5.74, 6) is 0.106. The lowest BCUT2D eigenvalue weighted by molar-refractivity contribution is -0.136. The Hall–Kier alpha value is -2.07. The molecule has 0 bridgehead atoms. The molecule has 0 saturated heterocycles. The smallest absolute Gasteiger partial charge is 0.284 e. The minimum Gasteiger partial charge on any atom is -0.480 e. The van der Waals surface area contributed by atoms with Gasteiger partial charge in [-0.3, -0.25) is 10.0 Å². The monoisotopic (exact) mass is 245 g/mol. The summed E-state index contributed by atoms with van der Waals surface area (Å²) in [6, 6.07) is 13.5. The maximum atomic E-state index is 11.4. The third kappa shape index (κ3) is 2.43. The topological polar surface area (TPSA) is 58.6 Å². The van der Waals surface area contributed by atoms with Crippen molar-refractivity contribution in [2.45, 2.75) is 19.4 Å². The molecular weight excluding hydrogens is 230 g/mol. The number of rotatable bonds is 4. The molecule has 0 spiro atoms. The first-order valence-electron chi connectivity index (χ1n) is 5.84. The van der Waals surface area contributed by atoms with Crippen molar-refractivity contribution in [2.24, 2.45) is 0 Å². The lowest BCUT2D eigenvalue weighted by atomic mass is 10.1. The van der Waals surface area contributed by atoms with Crippen LogP contribution < -0.4 is 10.2 Å². The van der Waals surface area contributed by atoms with Crippen LogP contribution in [0.1, 0.15) is 13.3 Å². The minimum absolute atomic E-state index is 0.482. The Morgan fingerprint density at radius 2 is 2.00 bits per heavy atom. The van der Waals surface area contributed by atoms with Crippen LogP contribution >= 0.6 is 0 Å². The maximum absolute atomic E-state index is 11.4. The molecule has 0 aliphatic rings. The van der Waals surface area contributed by atoms with Gasteiger partial charge in [-0.15, -0.1) is 0 Å². The summed E-state index contributed by atoms with van der Waals surface area (Å²) in [6.45, 7) is 1.82. The van der Waals surface area contributed by atoms with Crippen LogP contribution in [0.4, 0.5) is 0 Å². The first kappa shape index (κ1) is 12.4. The Kier molecular flexibility index (Phi) is 3.79. The van der Waals surface area contributed by atoms with Crippen molar-refractivity contribution in [3.63, 3.8) is 0 Å². The van der Waals surface area contributed by atoms with E-state index in [1.54, 1.807) is 5.48 Å². The molecule has 4 heteroatoms. The predicted molar refractivity (Wildman–Crippen MR) is 68.6 cm³/mol. The highest BCUT2D eigenvalue weighted by Crippen LogP contribution is 2.26. The van der Waals surface area contributed by atoms with Crippen LogP contribution in [0.25, 0.3) is 10.8 Å². The Morgan fingerprint density at radius 1 is 1.28 bits per heavy atom. The van der Waals surface area contributed by atoms with Gasteiger partial charge in [0.05, 0.1) is 0 Å². The second-order valence-electron chi connectivity index (χ2n) is 3.97. The predicted octanol–water partition coefficient (Wildman–Crippen LogP) is 2.50. The summed E-state index contributed by atoms with van der Waals surface area (Å²) in [7, 11) is 0. The molecule has 0 aliphatic heterocycles. The van der Waals surface area contributed by atoms with Crippen molar-refractivity contribution in [3.05, 3.63) is 42.5 Å². The fraction of sp³-hybridized carbons (Fsp3) is 0.214. The highest BCUT2D eigenvalue weighted by Gasteiger charge is 2.18. The zero-order chi connectivity index (χ0) is 13.0. The Labute approximate surface area is 105 Å². The molecule has 0 radical (unpaired) electrons. The molecule has 1 unspecified atom stereocenters. The number of hydroxylamine groups is 1. The second-order valence-corrected chi connectivity index (χ2v) is 3.97. The van der Waals surface area contributed by atoms with E-state index in [4.69, 9.17) is 9.94 Å². The van der Waals surface area contributed by atoms with Crippen LogP contribution in [-0.4, -0.2) is 17.2 Å². The summed E-state index contributed by atoms with van der Waals surface area (Å²) in [5.41, 5.74) is 1.62. The number of ether oxygens (including phenoxy) is 1. The zero-order valence-corrected chi connectivity index (χ0v) is 10.1. The molecule has 18 heavy (non-hydrogen) atoms. The summed E-state index contributed by atoms with van der Waals surface area (Å²) in [4.78, 5) is 11.4. The zero-order valence-electron chi connectivity index (χ0n) is 10.1. The number of carbonyl (C=O) groups is 1. The number of carbonyl (C=O) groups excluding carboxylic acids is 1. The van der Waals surface area contributed by atoms with Gasteiger partial charge in [0.15, 0.2) is 6.10 Å². The van der Waals surface area contributed by atoms with Crippen molar-refractivity contribution in [2.75, 3.05) is 0 Å². The molecule has 0 aliphatic carbocycles. The average molecular weight is 245 g/mol. The SMILES string of the molecule is CCC(Oc1cccc2ccccc12)C(=O)NO. The average Bonchev–Trinajstić information content (AvgIpc) is 2.44. The lowest BCUT2D eigenvalue weighted by Gasteiger charge is -2.16. The molecule has 4 nitrogen and oxygen atoms in total. The summed E-state index contributed by atoms with van der Waals surface area (Å²) in [5, 5.41) is 10.6. The molecule has 2 aromatic carbocycles. The molecule has 2 aromatic rings. The second kappa shape index (κ2) is 5.51. The molecule has 0 aromatic heterocycles. The number of nitrogens with one attached hydrogen (secondary N) is 1. The van der Waals surface area contributed by atoms with Gasteiger partial charge < -0.3 is 4.74 Å². The van der Waals surface area contributed by atoms with E-state index < -0.39 is 12.0 Å². The fourth-order valence-electron chi connectivity index (χ4n) is 1.85. The normalized spacial score (nSPS) is 12.1. The summed E-state index contributed by atoms with van der Waals surface area (Å²) >= 11 is 0. The van der Waals surface area contributed by atoms with Crippen molar-refractivity contribution < 1.29 is 14.7 Å². The van der Waals surface area contributed by atoms with Crippen LogP contribution in [0.15, 0.2) is 42.5 Å². The molecule has 94 valence electrons. The van der Waals surface area contributed by atoms with Crippen LogP contribution in [0.5, 0.6) is 5.75 Å². The highest BCUT2D eigenvalue weighted by molar-refractivity contribution is 5.89. The Bertz CT molecular complexity index is 548. The van der Waals surface area contributed by atoms with E-state index in [1.165, 1.54) is 0 Å². The molecule has 2 rings (SSSR count). The van der Waals surface area contributed by atoms with E-state index in [2.05, 4.69) is 0 Å². The van der Waals surface area contributed by atoms with Gasteiger partial charge in [0.25, 0.3) is 5.91 Å². The standard InChI is InChI=1S/C14H15NO3/c1-2-12(14(16)15-17)18-13-9-5-7-10-6-3-4-8-11(10)13/h3-9,12,17H,2H2,1H3,(H,15,16). The third-order valence-electron chi connectivity index (χ3n) is 2.79. The van der Waals surface area contributed by atoms with Gasteiger partial charge in [-0.25, -0.2) is 5.48 Å². The molecule has 1 atom stereocenters. The van der Waals surface area contributed by atoms with Gasteiger partial charge in [0, 0.05) is 5.39 Å². The molecular formula is C14H15NO3. The van der Waals surface area contributed by atoms with Gasteiger partial charge in [-0.1, -0.05) is 43.3 Å². The molecule has 0 fully saturated rings. The van der Waals surface area contributed by atoms with Gasteiger partial charge in [0.2, 0.25) is 0 Å². The molecule has 1 amide bonds. The van der Waals surface area contributed by atoms with Crippen molar-refractivity contribution in [3.8, 4) is 5.75 Å². The van der Waals surface area contributed by atoms with Gasteiger partial charge in [0.1, 0.15) is 5.75 Å². The number of amides is 1. The van der Waals surface area contributed by atoms with Crippen LogP contribution in [0, 0.1) is 0 Å². The minimum atomic E-state index is -0.694. The molecule has 0 heterocycles. The van der Waals surface area contributed by atoms with Crippen molar-refractivity contribution in [1.29, 1.82) is 0 Å². The van der Waals surface area contributed by atoms with Crippen molar-refractivity contribution >= 4 is 16.7 Å². The van der Waals surface area contributed by atoms with Crippen LogP contribution in [0.2, 0.25) is 0 Å². The van der Waals surface area contributed by atoms with Crippen LogP contribution in [-0.2, 0) is 4.79 Å². The lowest BCUT2D eigenvalue weighted by Crippen LogP contribution is -2.36. The van der Waals surface area contributed by atoms with E-state index in [0.717, 1.165) is 10.8 Å². The summed E-state index contributed by atoms with van der Waals surface area (Å²) in [6.07, 6.45) is -0.212. The van der Waals surface area contributed by atoms with E-state index in [0.29, 0.717) is 12.2 Å². The Balaban J connectivity index is 2.33. The quantitative estimate of drug-likeness (QED) is 0.642. The number of fused-ring (bicyclic) bond motifs is 1. The van der Waals surface area contributed by atoms with E-state index in [9.17, 15) is 4.79 Å². The first-order valence-corrected chi connectivity index (χ1v) is 5.84. The number of hydrogen-bond acceptors (Lipinski definition) is 3. The van der Waals surface area contributed by atoms with Gasteiger partial charge >= 0.3 is 0 Å². The van der Waals surface area contributed by atoms with Gasteiger partial charge in [-0.05, 0) is 17.9 Å². The van der Waals surface area contributed by atoms with E-state index >= 15 is 0 Å². The molecule has 2 N–H and O–H groups in total. The maximum Gasteiger partial charge on any atom is 0.284 e. The summed E-state index contributed by atoms with van der Waals surface area (Å²) < 4.78 is 5.66. The third-order valence-corrected chi connectivity index (χ3v) is 2.79. The van der Waals surface area contributed by atoms with Crippen LogP contribution in [0.3, 0.4) is 0 Å². The fourth-order valence-corrected chi connectivity index (χ4v) is 1.85.